The Labute approximate surface area is 111 Å². The summed E-state index contributed by atoms with van der Waals surface area (Å²) in [4.78, 5) is 22.2. The fraction of sp³-hybridized carbons (Fsp3) is 0.333. The normalized spacial score (nSPS) is 21.4. The van der Waals surface area contributed by atoms with Crippen LogP contribution < -0.4 is 5.32 Å². The molecule has 1 aliphatic carbocycles. The summed E-state index contributed by atoms with van der Waals surface area (Å²) in [6.45, 7) is 0.0624. The van der Waals surface area contributed by atoms with Crippen molar-refractivity contribution in [3.63, 3.8) is 0 Å². The number of carbonyl (C=O) groups is 2. The van der Waals surface area contributed by atoms with Gasteiger partial charge in [0.1, 0.15) is 5.82 Å². The van der Waals surface area contributed by atoms with E-state index in [1.165, 1.54) is 6.07 Å². The number of amides is 1. The summed E-state index contributed by atoms with van der Waals surface area (Å²) in [5.41, 5.74) is 0.366. The molecule has 0 saturated heterocycles. The molecule has 18 heavy (non-hydrogen) atoms. The number of halogens is 2. The van der Waals surface area contributed by atoms with Crippen LogP contribution in [-0.4, -0.2) is 17.0 Å². The maximum absolute atomic E-state index is 13.4. The van der Waals surface area contributed by atoms with E-state index in [9.17, 15) is 14.0 Å². The van der Waals surface area contributed by atoms with Crippen LogP contribution in [0.3, 0.4) is 0 Å². The molecule has 1 saturated carbocycles. The van der Waals surface area contributed by atoms with Gasteiger partial charge in [0.2, 0.25) is 5.91 Å². The fourth-order valence-electron chi connectivity index (χ4n) is 1.75. The number of benzene rings is 1. The lowest BCUT2D eigenvalue weighted by Gasteiger charge is -2.06. The van der Waals surface area contributed by atoms with Gasteiger partial charge in [0.15, 0.2) is 0 Å². The predicted molar refractivity (Wildman–Crippen MR) is 65.2 cm³/mol. The van der Waals surface area contributed by atoms with E-state index < -0.39 is 23.6 Å². The second-order valence-electron chi connectivity index (χ2n) is 4.24. The van der Waals surface area contributed by atoms with Crippen molar-refractivity contribution in [2.45, 2.75) is 13.0 Å². The molecule has 6 heteroatoms. The number of carboxylic acids is 1. The number of hydrogen-bond donors (Lipinski definition) is 2. The van der Waals surface area contributed by atoms with E-state index in [1.807, 2.05) is 0 Å². The number of nitrogens with one attached hydrogen (secondary N) is 1. The second-order valence-corrected chi connectivity index (χ2v) is 5.16. The number of hydrogen-bond acceptors (Lipinski definition) is 2. The third-order valence-electron chi connectivity index (χ3n) is 2.91. The van der Waals surface area contributed by atoms with Crippen LogP contribution >= 0.6 is 15.9 Å². The van der Waals surface area contributed by atoms with Crippen molar-refractivity contribution in [3.05, 3.63) is 34.1 Å². The molecule has 1 aromatic carbocycles. The van der Waals surface area contributed by atoms with Crippen LogP contribution in [0.1, 0.15) is 12.0 Å². The summed E-state index contributed by atoms with van der Waals surface area (Å²) in [6.07, 6.45) is 0.363. The highest BCUT2D eigenvalue weighted by atomic mass is 79.9. The standard InChI is InChI=1S/C12H11BrFNO3/c13-7-1-2-10(14)6(3-7)5-15-11(16)8-4-9(8)12(17)18/h1-3,8-9H,4-5H2,(H,15,16)(H,17,18). The molecule has 0 radical (unpaired) electrons. The van der Waals surface area contributed by atoms with Gasteiger partial charge >= 0.3 is 5.97 Å². The van der Waals surface area contributed by atoms with Gasteiger partial charge in [0.05, 0.1) is 11.8 Å². The first-order valence-corrected chi connectivity index (χ1v) is 6.23. The van der Waals surface area contributed by atoms with Gasteiger partial charge in [0.25, 0.3) is 0 Å². The molecular weight excluding hydrogens is 305 g/mol. The highest BCUT2D eigenvalue weighted by molar-refractivity contribution is 9.10. The molecular formula is C12H11BrFNO3. The Kier molecular flexibility index (Phi) is 3.65. The van der Waals surface area contributed by atoms with Crippen molar-refractivity contribution in [1.29, 1.82) is 0 Å². The van der Waals surface area contributed by atoms with Gasteiger partial charge in [-0.25, -0.2) is 4.39 Å². The quantitative estimate of drug-likeness (QED) is 0.892. The highest BCUT2D eigenvalue weighted by Crippen LogP contribution is 2.38. The summed E-state index contributed by atoms with van der Waals surface area (Å²) in [5.74, 6) is -2.75. The number of rotatable bonds is 4. The number of carbonyl (C=O) groups excluding carboxylic acids is 1. The molecule has 1 aliphatic rings. The molecule has 96 valence electrons. The molecule has 1 amide bonds. The first-order valence-electron chi connectivity index (χ1n) is 5.43. The Morgan fingerprint density at radius 3 is 2.78 bits per heavy atom. The van der Waals surface area contributed by atoms with Crippen molar-refractivity contribution in [2.24, 2.45) is 11.8 Å². The Hall–Kier alpha value is -1.43. The third kappa shape index (κ3) is 2.87. The molecule has 1 fully saturated rings. The second kappa shape index (κ2) is 5.06. The topological polar surface area (TPSA) is 66.4 Å². The van der Waals surface area contributed by atoms with Crippen molar-refractivity contribution in [3.8, 4) is 0 Å². The fourth-order valence-corrected chi connectivity index (χ4v) is 2.16. The van der Waals surface area contributed by atoms with E-state index in [1.54, 1.807) is 12.1 Å². The minimum Gasteiger partial charge on any atom is -0.481 e. The van der Waals surface area contributed by atoms with E-state index in [0.29, 0.717) is 12.0 Å². The van der Waals surface area contributed by atoms with Crippen LogP contribution in [-0.2, 0) is 16.1 Å². The van der Waals surface area contributed by atoms with Crippen LogP contribution in [0.25, 0.3) is 0 Å². The molecule has 1 aromatic rings. The summed E-state index contributed by atoms with van der Waals surface area (Å²) in [7, 11) is 0. The van der Waals surface area contributed by atoms with Crippen molar-refractivity contribution < 1.29 is 19.1 Å². The third-order valence-corrected chi connectivity index (χ3v) is 3.40. The molecule has 0 bridgehead atoms. The first-order chi connectivity index (χ1) is 8.49. The molecule has 0 spiro atoms. The molecule has 4 nitrogen and oxygen atoms in total. The average Bonchev–Trinajstić information content (AvgIpc) is 3.10. The van der Waals surface area contributed by atoms with E-state index in [4.69, 9.17) is 5.11 Å². The molecule has 0 heterocycles. The average molecular weight is 316 g/mol. The van der Waals surface area contributed by atoms with Crippen LogP contribution in [0.15, 0.2) is 22.7 Å². The minimum absolute atomic E-state index is 0.0624. The largest absolute Gasteiger partial charge is 0.481 e. The van der Waals surface area contributed by atoms with Crippen molar-refractivity contribution in [1.82, 2.24) is 5.32 Å². The lowest BCUT2D eigenvalue weighted by atomic mass is 10.2. The Bertz CT molecular complexity index is 506. The number of carboxylic acid groups (broad SMARTS) is 1. The van der Waals surface area contributed by atoms with E-state index in [0.717, 1.165) is 4.47 Å². The van der Waals surface area contributed by atoms with Gasteiger partial charge in [-0.05, 0) is 24.6 Å². The smallest absolute Gasteiger partial charge is 0.307 e. The van der Waals surface area contributed by atoms with Gasteiger partial charge in [-0.1, -0.05) is 15.9 Å². The molecule has 2 atom stereocenters. The molecule has 2 N–H and O–H groups in total. The zero-order valence-electron chi connectivity index (χ0n) is 9.32. The molecule has 2 unspecified atom stereocenters. The van der Waals surface area contributed by atoms with E-state index in [-0.39, 0.29) is 12.5 Å². The Morgan fingerprint density at radius 1 is 1.44 bits per heavy atom. The first kappa shape index (κ1) is 13.0. The minimum atomic E-state index is -0.955. The van der Waals surface area contributed by atoms with Crippen molar-refractivity contribution in [2.75, 3.05) is 0 Å². The number of aliphatic carboxylic acids is 1. The van der Waals surface area contributed by atoms with Crippen LogP contribution in [0.4, 0.5) is 4.39 Å². The Balaban J connectivity index is 1.90. The summed E-state index contributed by atoms with van der Waals surface area (Å²) in [5, 5.41) is 11.2. The van der Waals surface area contributed by atoms with Crippen LogP contribution in [0.5, 0.6) is 0 Å². The molecule has 0 aromatic heterocycles. The van der Waals surface area contributed by atoms with Crippen LogP contribution in [0.2, 0.25) is 0 Å². The van der Waals surface area contributed by atoms with Crippen molar-refractivity contribution >= 4 is 27.8 Å². The zero-order chi connectivity index (χ0) is 13.3. The lowest BCUT2D eigenvalue weighted by Crippen LogP contribution is -2.26. The maximum Gasteiger partial charge on any atom is 0.307 e. The van der Waals surface area contributed by atoms with Gasteiger partial charge in [0, 0.05) is 16.6 Å². The summed E-state index contributed by atoms with van der Waals surface area (Å²) < 4.78 is 14.1. The predicted octanol–water partition coefficient (Wildman–Crippen LogP) is 1.93. The van der Waals surface area contributed by atoms with Crippen LogP contribution in [0, 0.1) is 17.7 Å². The zero-order valence-corrected chi connectivity index (χ0v) is 10.9. The monoisotopic (exact) mass is 315 g/mol. The van der Waals surface area contributed by atoms with E-state index >= 15 is 0 Å². The lowest BCUT2D eigenvalue weighted by molar-refractivity contribution is -0.140. The maximum atomic E-state index is 13.4. The van der Waals surface area contributed by atoms with Gasteiger partial charge in [-0.2, -0.15) is 0 Å². The summed E-state index contributed by atoms with van der Waals surface area (Å²) in [6, 6.07) is 4.46. The molecule has 0 aliphatic heterocycles. The van der Waals surface area contributed by atoms with Gasteiger partial charge < -0.3 is 10.4 Å². The SMILES string of the molecule is O=C(O)C1CC1C(=O)NCc1cc(Br)ccc1F. The summed E-state index contributed by atoms with van der Waals surface area (Å²) >= 11 is 3.22. The van der Waals surface area contributed by atoms with Gasteiger partial charge in [-0.3, -0.25) is 9.59 Å². The highest BCUT2D eigenvalue weighted by Gasteiger charge is 2.48. The van der Waals surface area contributed by atoms with E-state index in [2.05, 4.69) is 21.2 Å². The Morgan fingerprint density at radius 2 is 2.17 bits per heavy atom. The van der Waals surface area contributed by atoms with Gasteiger partial charge in [-0.15, -0.1) is 0 Å². The molecule has 2 rings (SSSR count).